The Hall–Kier alpha value is -4.22. The fourth-order valence-electron chi connectivity index (χ4n) is 4.86. The number of hydrogen-bond acceptors (Lipinski definition) is 9. The zero-order valence-electron chi connectivity index (χ0n) is 20.7. The summed E-state index contributed by atoms with van der Waals surface area (Å²) in [4.78, 5) is 59.6. The lowest BCUT2D eigenvalue weighted by Gasteiger charge is -2.26. The van der Waals surface area contributed by atoms with Crippen molar-refractivity contribution in [1.29, 1.82) is 0 Å². The highest BCUT2D eigenvalue weighted by Crippen LogP contribution is 2.42. The van der Waals surface area contributed by atoms with Gasteiger partial charge >= 0.3 is 11.9 Å². The number of nitrogens with zero attached hydrogens (tertiary/aromatic N) is 3. The van der Waals surface area contributed by atoms with Gasteiger partial charge in [0.2, 0.25) is 11.9 Å². The second-order valence-corrected chi connectivity index (χ2v) is 9.12. The van der Waals surface area contributed by atoms with Crippen molar-refractivity contribution < 1.29 is 23.9 Å². The van der Waals surface area contributed by atoms with Crippen LogP contribution in [-0.2, 0) is 30.3 Å². The summed E-state index contributed by atoms with van der Waals surface area (Å²) in [5.41, 5.74) is 6.48. The average molecular weight is 511 g/mol. The van der Waals surface area contributed by atoms with Gasteiger partial charge < -0.3 is 25.1 Å². The van der Waals surface area contributed by atoms with E-state index in [1.807, 2.05) is 30.3 Å². The number of H-pyrrole nitrogens is 1. The van der Waals surface area contributed by atoms with E-state index in [1.165, 1.54) is 20.2 Å². The molecule has 196 valence electrons. The molecule has 0 aliphatic heterocycles. The minimum atomic E-state index is -0.868. The first-order valence-corrected chi connectivity index (χ1v) is 12.1. The molecule has 1 saturated carbocycles. The number of rotatable bonds is 10. The third-order valence-corrected chi connectivity index (χ3v) is 6.42. The molecule has 4 rings (SSSR count). The lowest BCUT2D eigenvalue weighted by molar-refractivity contribution is -0.167. The number of aromatic amines is 1. The van der Waals surface area contributed by atoms with Gasteiger partial charge in [-0.2, -0.15) is 4.98 Å². The first-order valence-electron chi connectivity index (χ1n) is 12.1. The van der Waals surface area contributed by atoms with Crippen molar-refractivity contribution in [3.63, 3.8) is 0 Å². The number of hydrogen-bond donors (Lipinski definition) is 3. The van der Waals surface area contributed by atoms with E-state index in [9.17, 15) is 19.2 Å². The number of nitrogens with two attached hydrogens (primary N) is 1. The van der Waals surface area contributed by atoms with E-state index in [1.54, 1.807) is 4.57 Å². The summed E-state index contributed by atoms with van der Waals surface area (Å²) in [5, 5.41) is 3.14. The van der Waals surface area contributed by atoms with Crippen molar-refractivity contribution in [3.05, 3.63) is 52.6 Å². The molecule has 2 heterocycles. The maximum atomic E-state index is 12.8. The molecule has 0 radical (unpaired) electrons. The van der Waals surface area contributed by atoms with E-state index in [0.717, 1.165) is 12.0 Å². The molecule has 0 saturated heterocycles. The zero-order valence-corrected chi connectivity index (χ0v) is 20.7. The molecular weight excluding hydrogens is 480 g/mol. The standard InChI is InChI=1S/C25H30N6O6/c1-14(32)36-21-17(8-9-19(26)34)12-18(22(21)37-15(2)33)31-13-28-20-23(31)29-25(30-24(20)35)27-11-10-16-6-4-3-5-7-16/h3-7,13,17-18,21-22H,8-12H2,1-2H3,(H2,26,34)(H2,27,29,30,35). The second kappa shape index (κ2) is 11.2. The van der Waals surface area contributed by atoms with Gasteiger partial charge in [-0.25, -0.2) is 4.98 Å². The molecule has 1 aromatic carbocycles. The van der Waals surface area contributed by atoms with E-state index in [0.29, 0.717) is 25.0 Å². The lowest BCUT2D eigenvalue weighted by Crippen LogP contribution is -2.37. The number of anilines is 1. The van der Waals surface area contributed by atoms with Crippen molar-refractivity contribution in [2.75, 3.05) is 11.9 Å². The highest BCUT2D eigenvalue weighted by molar-refractivity contribution is 5.74. The minimum Gasteiger partial charge on any atom is -0.458 e. The lowest BCUT2D eigenvalue weighted by atomic mass is 9.98. The van der Waals surface area contributed by atoms with Crippen LogP contribution in [0.5, 0.6) is 0 Å². The molecule has 0 spiro atoms. The molecule has 1 aliphatic rings. The number of nitrogens with one attached hydrogen (secondary N) is 2. The van der Waals surface area contributed by atoms with Gasteiger partial charge in [-0.05, 0) is 24.8 Å². The Morgan fingerprint density at radius 2 is 1.84 bits per heavy atom. The highest BCUT2D eigenvalue weighted by Gasteiger charge is 2.49. The molecule has 2 aromatic heterocycles. The van der Waals surface area contributed by atoms with Crippen molar-refractivity contribution in [2.24, 2.45) is 11.7 Å². The topological polar surface area (TPSA) is 171 Å². The number of carbonyl (C=O) groups excluding carboxylic acids is 3. The number of amides is 1. The van der Waals surface area contributed by atoms with Gasteiger partial charge in [0.15, 0.2) is 17.3 Å². The predicted octanol–water partition coefficient (Wildman–Crippen LogP) is 1.46. The molecule has 1 aliphatic carbocycles. The van der Waals surface area contributed by atoms with E-state index in [4.69, 9.17) is 15.2 Å². The number of esters is 2. The van der Waals surface area contributed by atoms with Gasteiger partial charge in [-0.15, -0.1) is 0 Å². The van der Waals surface area contributed by atoms with E-state index in [2.05, 4.69) is 20.3 Å². The van der Waals surface area contributed by atoms with Gasteiger partial charge in [-0.3, -0.25) is 24.2 Å². The number of imidazole rings is 1. The fourth-order valence-corrected chi connectivity index (χ4v) is 4.86. The molecule has 1 amide bonds. The largest absolute Gasteiger partial charge is 0.458 e. The van der Waals surface area contributed by atoms with Gasteiger partial charge in [0.1, 0.15) is 6.10 Å². The van der Waals surface area contributed by atoms with Gasteiger partial charge in [0.05, 0.1) is 12.4 Å². The molecule has 1 fully saturated rings. The van der Waals surface area contributed by atoms with Crippen molar-refractivity contribution >= 4 is 35.0 Å². The Morgan fingerprint density at radius 1 is 1.14 bits per heavy atom. The molecular formula is C25H30N6O6. The number of fused-ring (bicyclic) bond motifs is 1. The summed E-state index contributed by atoms with van der Waals surface area (Å²) < 4.78 is 12.8. The summed E-state index contributed by atoms with van der Waals surface area (Å²) in [6.45, 7) is 3.07. The maximum Gasteiger partial charge on any atom is 0.303 e. The van der Waals surface area contributed by atoms with Crippen molar-refractivity contribution in [3.8, 4) is 0 Å². The van der Waals surface area contributed by atoms with Crippen LogP contribution in [0.3, 0.4) is 0 Å². The van der Waals surface area contributed by atoms with Crippen LogP contribution in [0.4, 0.5) is 5.95 Å². The third kappa shape index (κ3) is 6.13. The zero-order chi connectivity index (χ0) is 26.5. The number of aromatic nitrogens is 4. The molecule has 4 N–H and O–H groups in total. The van der Waals surface area contributed by atoms with Crippen molar-refractivity contribution in [2.45, 2.75) is 57.8 Å². The second-order valence-electron chi connectivity index (χ2n) is 9.12. The Labute approximate surface area is 212 Å². The molecule has 0 bridgehead atoms. The molecule has 3 aromatic rings. The summed E-state index contributed by atoms with van der Waals surface area (Å²) in [6, 6.07) is 9.35. The average Bonchev–Trinajstić information content (AvgIpc) is 3.40. The number of primary amides is 1. The van der Waals surface area contributed by atoms with E-state index < -0.39 is 41.7 Å². The SMILES string of the molecule is CC(=O)OC1C(CCC(N)=O)CC(n2cnc3c(=O)[nH]c(NCCc4ccccc4)nc32)C1OC(C)=O. The monoisotopic (exact) mass is 510 g/mol. The highest BCUT2D eigenvalue weighted by atomic mass is 16.6. The molecule has 12 heteroatoms. The first kappa shape index (κ1) is 25.9. The summed E-state index contributed by atoms with van der Waals surface area (Å²) in [7, 11) is 0. The molecule has 12 nitrogen and oxygen atoms in total. The van der Waals surface area contributed by atoms with Gasteiger partial charge in [0.25, 0.3) is 5.56 Å². The Kier molecular flexibility index (Phi) is 7.85. The Bertz CT molecular complexity index is 1340. The summed E-state index contributed by atoms with van der Waals surface area (Å²) in [6.07, 6.45) is 1.34. The Balaban J connectivity index is 1.64. The number of ether oxygens (including phenoxy) is 2. The molecule has 37 heavy (non-hydrogen) atoms. The van der Waals surface area contributed by atoms with Crippen LogP contribution in [-0.4, -0.2) is 56.1 Å². The molecule has 4 atom stereocenters. The van der Waals surface area contributed by atoms with Crippen LogP contribution in [0, 0.1) is 5.92 Å². The van der Waals surface area contributed by atoms with Crippen LogP contribution < -0.4 is 16.6 Å². The summed E-state index contributed by atoms with van der Waals surface area (Å²) >= 11 is 0. The van der Waals surface area contributed by atoms with Gasteiger partial charge in [-0.1, -0.05) is 30.3 Å². The van der Waals surface area contributed by atoms with Crippen LogP contribution in [0.1, 0.15) is 44.7 Å². The van der Waals surface area contributed by atoms with Crippen molar-refractivity contribution in [1.82, 2.24) is 19.5 Å². The first-order chi connectivity index (χ1) is 17.7. The number of benzene rings is 1. The predicted molar refractivity (Wildman–Crippen MR) is 133 cm³/mol. The van der Waals surface area contributed by atoms with Crippen LogP contribution in [0.25, 0.3) is 11.2 Å². The fraction of sp³-hybridized carbons (Fsp3) is 0.440. The van der Waals surface area contributed by atoms with Gasteiger partial charge in [0, 0.05) is 32.7 Å². The van der Waals surface area contributed by atoms with E-state index >= 15 is 0 Å². The third-order valence-electron chi connectivity index (χ3n) is 6.42. The smallest absolute Gasteiger partial charge is 0.303 e. The normalized spacial score (nSPS) is 21.0. The summed E-state index contributed by atoms with van der Waals surface area (Å²) in [5.74, 6) is -1.61. The minimum absolute atomic E-state index is 0.0834. The molecule has 4 unspecified atom stereocenters. The number of carbonyl (C=O) groups is 3. The van der Waals surface area contributed by atoms with Crippen LogP contribution in [0.15, 0.2) is 41.5 Å². The van der Waals surface area contributed by atoms with E-state index in [-0.39, 0.29) is 23.8 Å². The quantitative estimate of drug-likeness (QED) is 0.342. The Morgan fingerprint density at radius 3 is 2.51 bits per heavy atom. The van der Waals surface area contributed by atoms with Crippen LogP contribution in [0.2, 0.25) is 0 Å². The maximum absolute atomic E-state index is 12.8. The van der Waals surface area contributed by atoms with Crippen LogP contribution >= 0.6 is 0 Å².